The van der Waals surface area contributed by atoms with E-state index < -0.39 is 16.8 Å². The first kappa shape index (κ1) is 13.0. The molecule has 1 heterocycles. The van der Waals surface area contributed by atoms with Crippen molar-refractivity contribution in [2.24, 2.45) is 0 Å². The van der Waals surface area contributed by atoms with Crippen molar-refractivity contribution in [2.45, 2.75) is 26.8 Å². The van der Waals surface area contributed by atoms with Gasteiger partial charge in [0.05, 0.1) is 5.56 Å². The summed E-state index contributed by atoms with van der Waals surface area (Å²) in [4.78, 5) is 10.9. The van der Waals surface area contributed by atoms with Crippen LogP contribution < -0.4 is 0 Å². The van der Waals surface area contributed by atoms with Crippen LogP contribution in [0.15, 0.2) is 6.07 Å². The van der Waals surface area contributed by atoms with Crippen molar-refractivity contribution >= 4 is 16.8 Å². The highest BCUT2D eigenvalue weighted by Gasteiger charge is 2.13. The summed E-state index contributed by atoms with van der Waals surface area (Å²) in [5.74, 6) is -0.238. The minimum Gasteiger partial charge on any atom is -0.478 e. The number of hydrogen-bond acceptors (Lipinski definition) is 2. The molecule has 0 aliphatic heterocycles. The van der Waals surface area contributed by atoms with Crippen molar-refractivity contribution < 1.29 is 14.1 Å². The lowest BCUT2D eigenvalue weighted by atomic mass is 10.2. The van der Waals surface area contributed by atoms with Crippen LogP contribution >= 0.6 is 0 Å². The first-order chi connectivity index (χ1) is 7.43. The largest absolute Gasteiger partial charge is 0.478 e. The molecule has 0 aliphatic rings. The summed E-state index contributed by atoms with van der Waals surface area (Å²) in [6, 6.07) is 1.68. The molecule has 1 aromatic heterocycles. The van der Waals surface area contributed by atoms with Gasteiger partial charge in [-0.15, -0.1) is 0 Å². The Morgan fingerprint density at radius 3 is 2.56 bits per heavy atom. The molecule has 0 bridgehead atoms. The Balaban J connectivity index is 2.80. The van der Waals surface area contributed by atoms with Gasteiger partial charge >= 0.3 is 5.97 Å². The van der Waals surface area contributed by atoms with Crippen LogP contribution in [0.2, 0.25) is 0 Å². The molecular formula is C11H17NO3S. The van der Waals surface area contributed by atoms with Gasteiger partial charge in [0.25, 0.3) is 0 Å². The van der Waals surface area contributed by atoms with Gasteiger partial charge in [0, 0.05) is 40.7 Å². The average molecular weight is 243 g/mol. The van der Waals surface area contributed by atoms with Crippen molar-refractivity contribution in [1.82, 2.24) is 4.57 Å². The molecular weight excluding hydrogens is 226 g/mol. The molecule has 0 amide bonds. The number of aryl methyl sites for hydroxylation is 1. The van der Waals surface area contributed by atoms with E-state index in [-0.39, 0.29) is 0 Å². The average Bonchev–Trinajstić information content (AvgIpc) is 2.44. The van der Waals surface area contributed by atoms with E-state index in [1.54, 1.807) is 19.2 Å². The Labute approximate surface area is 97.7 Å². The molecule has 4 nitrogen and oxygen atoms in total. The Morgan fingerprint density at radius 2 is 2.12 bits per heavy atom. The van der Waals surface area contributed by atoms with Gasteiger partial charge in [-0.2, -0.15) is 0 Å². The van der Waals surface area contributed by atoms with Gasteiger partial charge in [0.1, 0.15) is 0 Å². The van der Waals surface area contributed by atoms with Gasteiger partial charge in [-0.25, -0.2) is 4.79 Å². The number of carboxylic acid groups (broad SMARTS) is 1. The van der Waals surface area contributed by atoms with E-state index in [0.29, 0.717) is 11.3 Å². The Kier molecular flexibility index (Phi) is 4.29. The summed E-state index contributed by atoms with van der Waals surface area (Å²) in [6.45, 7) is 4.42. The van der Waals surface area contributed by atoms with Crippen LogP contribution in [0.5, 0.6) is 0 Å². The summed E-state index contributed by atoms with van der Waals surface area (Å²) in [5.41, 5.74) is 2.07. The Hall–Kier alpha value is -1.10. The summed E-state index contributed by atoms with van der Waals surface area (Å²) in [7, 11) is -0.784. The maximum Gasteiger partial charge on any atom is 0.337 e. The summed E-state index contributed by atoms with van der Waals surface area (Å²) in [6.07, 6.45) is 2.48. The van der Waals surface area contributed by atoms with Crippen molar-refractivity contribution in [1.29, 1.82) is 0 Å². The lowest BCUT2D eigenvalue weighted by Crippen LogP contribution is -2.07. The standard InChI is InChI=1S/C11H17NO3S/c1-8-7-10(11(13)14)9(2)12(8)5-4-6-16(3)15/h7H,4-6H2,1-3H3,(H,13,14). The predicted octanol–water partition coefficient (Wildman–Crippen LogP) is 1.57. The van der Waals surface area contributed by atoms with Gasteiger partial charge in [-0.05, 0) is 26.3 Å². The molecule has 0 fully saturated rings. The molecule has 0 saturated carbocycles. The van der Waals surface area contributed by atoms with Gasteiger partial charge in [0.2, 0.25) is 0 Å². The molecule has 0 aliphatic carbocycles. The van der Waals surface area contributed by atoms with Crippen LogP contribution in [0.25, 0.3) is 0 Å². The van der Waals surface area contributed by atoms with Crippen LogP contribution in [0.1, 0.15) is 28.2 Å². The van der Waals surface area contributed by atoms with Gasteiger partial charge < -0.3 is 9.67 Å². The maximum atomic E-state index is 10.9. The molecule has 1 rings (SSSR count). The van der Waals surface area contributed by atoms with E-state index in [1.165, 1.54) is 0 Å². The van der Waals surface area contributed by atoms with Crippen molar-refractivity contribution in [3.05, 3.63) is 23.0 Å². The monoisotopic (exact) mass is 243 g/mol. The fourth-order valence-electron chi connectivity index (χ4n) is 1.79. The van der Waals surface area contributed by atoms with Crippen molar-refractivity contribution in [3.63, 3.8) is 0 Å². The topological polar surface area (TPSA) is 59.3 Å². The molecule has 1 atom stereocenters. The van der Waals surface area contributed by atoms with E-state index in [9.17, 15) is 9.00 Å². The zero-order valence-electron chi connectivity index (χ0n) is 9.82. The van der Waals surface area contributed by atoms with Crippen LogP contribution in [0.4, 0.5) is 0 Å². The second-order valence-electron chi connectivity index (χ2n) is 3.87. The van der Waals surface area contributed by atoms with Crippen molar-refractivity contribution in [3.8, 4) is 0 Å². The Morgan fingerprint density at radius 1 is 1.50 bits per heavy atom. The third-order valence-electron chi connectivity index (χ3n) is 2.62. The number of hydrogen-bond donors (Lipinski definition) is 1. The minimum atomic E-state index is -0.890. The summed E-state index contributed by atoms with van der Waals surface area (Å²) >= 11 is 0. The first-order valence-corrected chi connectivity index (χ1v) is 6.86. The van der Waals surface area contributed by atoms with E-state index >= 15 is 0 Å². The summed E-state index contributed by atoms with van der Waals surface area (Å²) in [5, 5.41) is 8.96. The van der Waals surface area contributed by atoms with E-state index in [1.807, 2.05) is 11.5 Å². The fourth-order valence-corrected chi connectivity index (χ4v) is 2.32. The number of nitrogens with zero attached hydrogens (tertiary/aromatic N) is 1. The Bertz CT molecular complexity index is 423. The zero-order chi connectivity index (χ0) is 12.3. The van der Waals surface area contributed by atoms with Crippen molar-refractivity contribution in [2.75, 3.05) is 12.0 Å². The van der Waals surface area contributed by atoms with E-state index in [0.717, 1.165) is 24.4 Å². The molecule has 1 N–H and O–H groups in total. The quantitative estimate of drug-likeness (QED) is 0.854. The lowest BCUT2D eigenvalue weighted by Gasteiger charge is -2.08. The predicted molar refractivity (Wildman–Crippen MR) is 64.4 cm³/mol. The van der Waals surface area contributed by atoms with Crippen LogP contribution in [-0.4, -0.2) is 31.9 Å². The number of carboxylic acids is 1. The SMILES string of the molecule is Cc1cc(C(=O)O)c(C)n1CCCS(C)=O. The second kappa shape index (κ2) is 5.30. The molecule has 1 aromatic rings. The molecule has 5 heteroatoms. The van der Waals surface area contributed by atoms with E-state index in [4.69, 9.17) is 5.11 Å². The molecule has 0 aromatic carbocycles. The second-order valence-corrected chi connectivity index (χ2v) is 5.43. The fraction of sp³-hybridized carbons (Fsp3) is 0.545. The number of carbonyl (C=O) groups is 1. The smallest absolute Gasteiger partial charge is 0.337 e. The third-order valence-corrected chi connectivity index (χ3v) is 3.48. The molecule has 0 spiro atoms. The third kappa shape index (κ3) is 2.95. The van der Waals surface area contributed by atoms with E-state index in [2.05, 4.69) is 0 Å². The van der Waals surface area contributed by atoms with Crippen LogP contribution in [-0.2, 0) is 17.3 Å². The highest BCUT2D eigenvalue weighted by Crippen LogP contribution is 2.15. The highest BCUT2D eigenvalue weighted by atomic mass is 32.2. The minimum absolute atomic E-state index is 0.357. The van der Waals surface area contributed by atoms with Gasteiger partial charge in [0.15, 0.2) is 0 Å². The number of rotatable bonds is 5. The molecule has 16 heavy (non-hydrogen) atoms. The van der Waals surface area contributed by atoms with Gasteiger partial charge in [-0.3, -0.25) is 4.21 Å². The summed E-state index contributed by atoms with van der Waals surface area (Å²) < 4.78 is 12.9. The van der Waals surface area contributed by atoms with Crippen LogP contribution in [0, 0.1) is 13.8 Å². The lowest BCUT2D eigenvalue weighted by molar-refractivity contribution is 0.0696. The molecule has 0 radical (unpaired) electrons. The number of aromatic carboxylic acids is 1. The number of aromatic nitrogens is 1. The molecule has 0 saturated heterocycles. The molecule has 1 unspecified atom stereocenters. The normalized spacial score (nSPS) is 12.7. The van der Waals surface area contributed by atoms with Gasteiger partial charge in [-0.1, -0.05) is 0 Å². The van der Waals surface area contributed by atoms with Crippen LogP contribution in [0.3, 0.4) is 0 Å². The molecule has 90 valence electrons. The first-order valence-electron chi connectivity index (χ1n) is 5.13. The highest BCUT2D eigenvalue weighted by molar-refractivity contribution is 7.84. The maximum absolute atomic E-state index is 10.9. The zero-order valence-corrected chi connectivity index (χ0v) is 10.6.